The molecule has 0 aliphatic rings. The van der Waals surface area contributed by atoms with Gasteiger partial charge in [-0.15, -0.1) is 0 Å². The number of phenols is 1. The van der Waals surface area contributed by atoms with E-state index >= 15 is 0 Å². The molecule has 0 aromatic heterocycles. The van der Waals surface area contributed by atoms with Crippen LogP contribution in [-0.4, -0.2) is 24.0 Å². The number of nitrogens with one attached hydrogen (secondary N) is 1. The number of halogens is 1. The van der Waals surface area contributed by atoms with Gasteiger partial charge in [-0.3, -0.25) is 9.35 Å². The molecule has 0 atom stereocenters. The minimum absolute atomic E-state index is 0.00316. The zero-order chi connectivity index (χ0) is 15.1. The van der Waals surface area contributed by atoms with Gasteiger partial charge in [-0.1, -0.05) is 17.7 Å². The average molecular weight is 316 g/mol. The quantitative estimate of drug-likeness (QED) is 0.738. The number of amides is 1. The molecule has 1 amide bonds. The normalized spacial score (nSPS) is 11.6. The number of carbonyl (C=O) groups excluding carboxylic acids is 1. The van der Waals surface area contributed by atoms with Crippen molar-refractivity contribution in [2.75, 3.05) is 5.32 Å². The largest absolute Gasteiger partial charge is 0.506 e. The third-order valence-electron chi connectivity index (χ3n) is 2.65. The monoisotopic (exact) mass is 315 g/mol. The summed E-state index contributed by atoms with van der Waals surface area (Å²) in [4.78, 5) is 10.8. The Balaban J connectivity index is 2.93. The number of hydrogen-bond acceptors (Lipinski definition) is 4. The van der Waals surface area contributed by atoms with Crippen molar-refractivity contribution >= 4 is 44.1 Å². The summed E-state index contributed by atoms with van der Waals surface area (Å²) in [5, 5.41) is 12.5. The van der Waals surface area contributed by atoms with Gasteiger partial charge < -0.3 is 10.4 Å². The van der Waals surface area contributed by atoms with E-state index in [0.29, 0.717) is 0 Å². The molecule has 0 radical (unpaired) electrons. The first-order valence-electron chi connectivity index (χ1n) is 5.41. The first-order chi connectivity index (χ1) is 9.21. The predicted molar refractivity (Wildman–Crippen MR) is 74.7 cm³/mol. The van der Waals surface area contributed by atoms with Gasteiger partial charge in [-0.2, -0.15) is 8.42 Å². The first kappa shape index (κ1) is 14.6. The van der Waals surface area contributed by atoms with Crippen LogP contribution in [0.4, 0.5) is 5.69 Å². The summed E-state index contributed by atoms with van der Waals surface area (Å²) in [6.07, 6.45) is 0. The van der Waals surface area contributed by atoms with Crippen LogP contribution in [0.1, 0.15) is 6.92 Å². The minimum Gasteiger partial charge on any atom is -0.506 e. The number of anilines is 1. The number of benzene rings is 2. The van der Waals surface area contributed by atoms with Crippen molar-refractivity contribution in [3.63, 3.8) is 0 Å². The Hall–Kier alpha value is -1.83. The minimum atomic E-state index is -4.47. The molecule has 8 heteroatoms. The summed E-state index contributed by atoms with van der Waals surface area (Å²) in [5.41, 5.74) is 0.194. The van der Waals surface area contributed by atoms with Crippen molar-refractivity contribution < 1.29 is 22.9 Å². The zero-order valence-corrected chi connectivity index (χ0v) is 11.8. The van der Waals surface area contributed by atoms with Gasteiger partial charge in [0.1, 0.15) is 10.6 Å². The fourth-order valence-electron chi connectivity index (χ4n) is 1.89. The Labute approximate surface area is 119 Å². The Morgan fingerprint density at radius 3 is 2.45 bits per heavy atom. The van der Waals surface area contributed by atoms with E-state index in [-0.39, 0.29) is 32.1 Å². The molecule has 106 valence electrons. The first-order valence-corrected chi connectivity index (χ1v) is 7.23. The van der Waals surface area contributed by atoms with Gasteiger partial charge in [0.2, 0.25) is 5.91 Å². The molecule has 6 nitrogen and oxygen atoms in total. The molecule has 2 aromatic rings. The van der Waals surface area contributed by atoms with Gasteiger partial charge in [-0.25, -0.2) is 0 Å². The molecule has 2 aromatic carbocycles. The van der Waals surface area contributed by atoms with Crippen LogP contribution >= 0.6 is 11.6 Å². The number of phenolic OH excluding ortho intramolecular Hbond substituents is 1. The lowest BCUT2D eigenvalue weighted by molar-refractivity contribution is -0.114. The van der Waals surface area contributed by atoms with Crippen molar-refractivity contribution in [1.82, 2.24) is 0 Å². The molecule has 0 saturated carbocycles. The lowest BCUT2D eigenvalue weighted by atomic mass is 10.1. The lowest BCUT2D eigenvalue weighted by Crippen LogP contribution is -2.07. The van der Waals surface area contributed by atoms with Crippen LogP contribution < -0.4 is 5.32 Å². The highest BCUT2D eigenvalue weighted by Crippen LogP contribution is 2.39. The maximum Gasteiger partial charge on any atom is 0.295 e. The summed E-state index contributed by atoms with van der Waals surface area (Å²) in [6, 6.07) is 5.04. The van der Waals surface area contributed by atoms with E-state index in [1.807, 2.05) is 0 Å². The zero-order valence-electron chi connectivity index (χ0n) is 10.2. The molecule has 0 aliphatic carbocycles. The molecule has 2 rings (SSSR count). The van der Waals surface area contributed by atoms with Crippen LogP contribution in [-0.2, 0) is 14.9 Å². The van der Waals surface area contributed by atoms with E-state index in [1.54, 1.807) is 0 Å². The van der Waals surface area contributed by atoms with Gasteiger partial charge in [0, 0.05) is 12.3 Å². The van der Waals surface area contributed by atoms with Crippen LogP contribution in [0.5, 0.6) is 5.75 Å². The van der Waals surface area contributed by atoms with E-state index in [2.05, 4.69) is 5.32 Å². The highest BCUT2D eigenvalue weighted by molar-refractivity contribution is 7.86. The van der Waals surface area contributed by atoms with Crippen molar-refractivity contribution in [2.45, 2.75) is 11.8 Å². The van der Waals surface area contributed by atoms with Gasteiger partial charge in [0.05, 0.1) is 16.1 Å². The molecule has 0 unspecified atom stereocenters. The molecule has 0 saturated heterocycles. The third-order valence-corrected chi connectivity index (χ3v) is 3.87. The summed E-state index contributed by atoms with van der Waals surface area (Å²) >= 11 is 5.79. The SMILES string of the molecule is CC(=O)Nc1ccc(S(=O)(=O)O)c2ccc(Cl)c(O)c12. The van der Waals surface area contributed by atoms with Crippen LogP contribution in [0, 0.1) is 0 Å². The Kier molecular flexibility index (Phi) is 3.59. The van der Waals surface area contributed by atoms with Crippen LogP contribution in [0.15, 0.2) is 29.2 Å². The van der Waals surface area contributed by atoms with Gasteiger partial charge in [0.25, 0.3) is 10.1 Å². The molecule has 3 N–H and O–H groups in total. The summed E-state index contributed by atoms with van der Waals surface area (Å²) in [5.74, 6) is -0.774. The summed E-state index contributed by atoms with van der Waals surface area (Å²) < 4.78 is 31.9. The molecular formula is C12H10ClNO5S. The van der Waals surface area contributed by atoms with Crippen molar-refractivity contribution in [1.29, 1.82) is 0 Å². The maximum absolute atomic E-state index is 11.3. The summed E-state index contributed by atoms with van der Waals surface area (Å²) in [6.45, 7) is 1.27. The number of rotatable bonds is 2. The second-order valence-corrected chi connectivity index (χ2v) is 5.88. The molecule has 0 aliphatic heterocycles. The number of hydrogen-bond donors (Lipinski definition) is 3. The van der Waals surface area contributed by atoms with E-state index in [9.17, 15) is 22.9 Å². The molecule has 0 heterocycles. The fourth-order valence-corrected chi connectivity index (χ4v) is 2.74. The summed E-state index contributed by atoms with van der Waals surface area (Å²) in [7, 11) is -4.47. The third kappa shape index (κ3) is 2.55. The number of fused-ring (bicyclic) bond motifs is 1. The van der Waals surface area contributed by atoms with Crippen LogP contribution in [0.2, 0.25) is 5.02 Å². The highest BCUT2D eigenvalue weighted by Gasteiger charge is 2.19. The second kappa shape index (κ2) is 4.93. The van der Waals surface area contributed by atoms with Crippen molar-refractivity contribution in [2.24, 2.45) is 0 Å². The highest BCUT2D eigenvalue weighted by atomic mass is 35.5. The Morgan fingerprint density at radius 2 is 1.90 bits per heavy atom. The molecule has 0 fully saturated rings. The van der Waals surface area contributed by atoms with Gasteiger partial charge in [0.15, 0.2) is 0 Å². The van der Waals surface area contributed by atoms with Crippen LogP contribution in [0.25, 0.3) is 10.8 Å². The van der Waals surface area contributed by atoms with Gasteiger partial charge >= 0.3 is 0 Å². The standard InChI is InChI=1S/C12H10ClNO5S/c1-6(15)14-9-4-5-10(20(17,18)19)7-2-3-8(13)12(16)11(7)9/h2-5,16H,1H3,(H,14,15)(H,17,18,19). The Morgan fingerprint density at radius 1 is 1.25 bits per heavy atom. The van der Waals surface area contributed by atoms with E-state index < -0.39 is 16.0 Å². The topological polar surface area (TPSA) is 104 Å². The molecular weight excluding hydrogens is 306 g/mol. The predicted octanol–water partition coefficient (Wildman–Crippen LogP) is 2.40. The van der Waals surface area contributed by atoms with E-state index in [1.165, 1.54) is 25.1 Å². The smallest absolute Gasteiger partial charge is 0.295 e. The maximum atomic E-state index is 11.3. The van der Waals surface area contributed by atoms with Crippen molar-refractivity contribution in [3.05, 3.63) is 29.3 Å². The number of carbonyl (C=O) groups is 1. The van der Waals surface area contributed by atoms with E-state index in [0.717, 1.165) is 6.07 Å². The average Bonchev–Trinajstić information content (AvgIpc) is 2.31. The Bertz CT molecular complexity index is 816. The van der Waals surface area contributed by atoms with E-state index in [4.69, 9.17) is 11.6 Å². The fraction of sp³-hybridized carbons (Fsp3) is 0.0833. The van der Waals surface area contributed by atoms with Crippen molar-refractivity contribution in [3.8, 4) is 5.75 Å². The van der Waals surface area contributed by atoms with Gasteiger partial charge in [-0.05, 0) is 18.2 Å². The molecule has 0 bridgehead atoms. The second-order valence-electron chi connectivity index (χ2n) is 4.09. The van der Waals surface area contributed by atoms with Crippen LogP contribution in [0.3, 0.4) is 0 Å². The number of aromatic hydroxyl groups is 1. The lowest BCUT2D eigenvalue weighted by Gasteiger charge is -2.12. The molecule has 20 heavy (non-hydrogen) atoms. The molecule has 0 spiro atoms.